The number of carbonyl (C=O) groups is 1. The fraction of sp³-hybridized carbons (Fsp3) is 0.100. The number of aryl methyl sites for hydroxylation is 1. The number of rotatable bonds is 4. The molecule has 1 heterocycles. The average molecular weight is 264 g/mol. The highest BCUT2D eigenvalue weighted by atomic mass is 16.6. The number of benzene rings is 1. The van der Waals surface area contributed by atoms with Crippen LogP contribution in [-0.2, 0) is 7.05 Å². The molecule has 0 bridgehead atoms. The van der Waals surface area contributed by atoms with Crippen molar-refractivity contribution in [1.29, 1.82) is 0 Å². The molecule has 19 heavy (non-hydrogen) atoms. The minimum Gasteiger partial charge on any atom is -0.477 e. The molecule has 0 amide bonds. The molecule has 2 rings (SSSR count). The minimum atomic E-state index is -1.41. The number of nitro groups is 1. The molecule has 0 saturated heterocycles. The van der Waals surface area contributed by atoms with E-state index in [1.165, 1.54) is 17.1 Å². The van der Waals surface area contributed by atoms with Gasteiger partial charge in [-0.1, -0.05) is 0 Å². The summed E-state index contributed by atoms with van der Waals surface area (Å²) in [6.45, 7) is 0. The Morgan fingerprint density at radius 2 is 2.26 bits per heavy atom. The van der Waals surface area contributed by atoms with Crippen LogP contribution < -0.4 is 4.74 Å². The van der Waals surface area contributed by atoms with Crippen LogP contribution in [0.1, 0.15) is 10.4 Å². The Morgan fingerprint density at radius 1 is 1.53 bits per heavy atom. The van der Waals surface area contributed by atoms with Gasteiger partial charge in [0.15, 0.2) is 0 Å². The predicted molar refractivity (Wildman–Crippen MR) is 61.1 cm³/mol. The molecule has 0 spiro atoms. The van der Waals surface area contributed by atoms with E-state index >= 15 is 0 Å². The highest BCUT2D eigenvalue weighted by molar-refractivity contribution is 5.92. The SMILES string of the molecule is Cn1cnc(Oc2ccc([N+](=O)[O-])c(C(=O)O)c2)n1. The third-order valence-electron chi connectivity index (χ3n) is 2.18. The van der Waals surface area contributed by atoms with E-state index < -0.39 is 22.1 Å². The Balaban J connectivity index is 2.35. The molecule has 1 aromatic carbocycles. The Morgan fingerprint density at radius 3 is 2.79 bits per heavy atom. The molecule has 0 aliphatic carbocycles. The summed E-state index contributed by atoms with van der Waals surface area (Å²) < 4.78 is 6.60. The molecule has 1 aromatic heterocycles. The Bertz CT molecular complexity index is 651. The first-order valence-electron chi connectivity index (χ1n) is 5.02. The fourth-order valence-electron chi connectivity index (χ4n) is 1.38. The summed E-state index contributed by atoms with van der Waals surface area (Å²) in [4.78, 5) is 24.6. The van der Waals surface area contributed by atoms with Crippen LogP contribution >= 0.6 is 0 Å². The first kappa shape index (κ1) is 12.5. The molecule has 0 atom stereocenters. The zero-order valence-electron chi connectivity index (χ0n) is 9.68. The third kappa shape index (κ3) is 2.65. The highest BCUT2D eigenvalue weighted by Crippen LogP contribution is 2.26. The van der Waals surface area contributed by atoms with E-state index in [4.69, 9.17) is 9.84 Å². The van der Waals surface area contributed by atoms with Gasteiger partial charge in [0, 0.05) is 19.2 Å². The lowest BCUT2D eigenvalue weighted by Gasteiger charge is -2.03. The largest absolute Gasteiger partial charge is 0.477 e. The molecular weight excluding hydrogens is 256 g/mol. The van der Waals surface area contributed by atoms with E-state index in [9.17, 15) is 14.9 Å². The number of ether oxygens (including phenoxy) is 1. The number of carboxylic acid groups (broad SMARTS) is 1. The summed E-state index contributed by atoms with van der Waals surface area (Å²) in [7, 11) is 1.64. The second-order valence-corrected chi connectivity index (χ2v) is 3.54. The van der Waals surface area contributed by atoms with Crippen molar-refractivity contribution in [2.75, 3.05) is 0 Å². The third-order valence-corrected chi connectivity index (χ3v) is 2.18. The van der Waals surface area contributed by atoms with Gasteiger partial charge < -0.3 is 9.84 Å². The minimum absolute atomic E-state index is 0.0210. The number of aromatic nitrogens is 3. The van der Waals surface area contributed by atoms with E-state index in [-0.39, 0.29) is 11.8 Å². The van der Waals surface area contributed by atoms with E-state index in [1.54, 1.807) is 7.05 Å². The van der Waals surface area contributed by atoms with Crippen LogP contribution in [0.15, 0.2) is 24.5 Å². The lowest BCUT2D eigenvalue weighted by atomic mass is 10.2. The standard InChI is InChI=1S/C10H8N4O5/c1-13-5-11-10(12-13)19-6-2-3-8(14(17)18)7(4-6)9(15)16/h2-5H,1H3,(H,15,16). The van der Waals surface area contributed by atoms with Crippen LogP contribution in [-0.4, -0.2) is 30.8 Å². The number of hydrogen-bond donors (Lipinski definition) is 1. The summed E-state index contributed by atoms with van der Waals surface area (Å²) in [5.41, 5.74) is -0.965. The first-order valence-corrected chi connectivity index (χ1v) is 5.02. The summed E-state index contributed by atoms with van der Waals surface area (Å²) in [6.07, 6.45) is 1.40. The monoisotopic (exact) mass is 264 g/mol. The van der Waals surface area contributed by atoms with E-state index in [2.05, 4.69) is 10.1 Å². The summed E-state index contributed by atoms with van der Waals surface area (Å²) in [5.74, 6) is -1.31. The molecule has 9 nitrogen and oxygen atoms in total. The van der Waals surface area contributed by atoms with E-state index in [0.29, 0.717) is 0 Å². The molecule has 1 N–H and O–H groups in total. The average Bonchev–Trinajstić information content (AvgIpc) is 2.74. The van der Waals surface area contributed by atoms with Crippen molar-refractivity contribution >= 4 is 11.7 Å². The van der Waals surface area contributed by atoms with Gasteiger partial charge in [-0.2, -0.15) is 4.98 Å². The van der Waals surface area contributed by atoms with Crippen LogP contribution in [0.3, 0.4) is 0 Å². The maximum Gasteiger partial charge on any atom is 0.342 e. The van der Waals surface area contributed by atoms with Crippen LogP contribution in [0.25, 0.3) is 0 Å². The summed E-state index contributed by atoms with van der Waals surface area (Å²) >= 11 is 0. The second kappa shape index (κ2) is 4.72. The maximum absolute atomic E-state index is 10.9. The van der Waals surface area contributed by atoms with Crippen LogP contribution in [0.2, 0.25) is 0 Å². The van der Waals surface area contributed by atoms with Crippen molar-refractivity contribution in [1.82, 2.24) is 14.8 Å². The Kier molecular flexibility index (Phi) is 3.10. The van der Waals surface area contributed by atoms with Crippen LogP contribution in [0.5, 0.6) is 11.8 Å². The molecular formula is C10H8N4O5. The summed E-state index contributed by atoms with van der Waals surface area (Å²) in [6, 6.07) is 3.41. The second-order valence-electron chi connectivity index (χ2n) is 3.54. The smallest absolute Gasteiger partial charge is 0.342 e. The van der Waals surface area contributed by atoms with Crippen molar-refractivity contribution < 1.29 is 19.6 Å². The lowest BCUT2D eigenvalue weighted by molar-refractivity contribution is -0.385. The van der Waals surface area contributed by atoms with Crippen molar-refractivity contribution in [2.24, 2.45) is 7.05 Å². The van der Waals surface area contributed by atoms with Gasteiger partial charge in [-0.25, -0.2) is 4.79 Å². The highest BCUT2D eigenvalue weighted by Gasteiger charge is 2.20. The number of aromatic carboxylic acids is 1. The van der Waals surface area contributed by atoms with E-state index in [1.807, 2.05) is 0 Å². The van der Waals surface area contributed by atoms with Gasteiger partial charge in [-0.05, 0) is 6.07 Å². The maximum atomic E-state index is 10.9. The number of carboxylic acids is 1. The van der Waals surface area contributed by atoms with Gasteiger partial charge in [0.2, 0.25) is 0 Å². The van der Waals surface area contributed by atoms with Crippen molar-refractivity contribution in [2.45, 2.75) is 0 Å². The van der Waals surface area contributed by atoms with Gasteiger partial charge in [0.1, 0.15) is 17.6 Å². The quantitative estimate of drug-likeness (QED) is 0.650. The normalized spacial score (nSPS) is 10.2. The van der Waals surface area contributed by atoms with Gasteiger partial charge >= 0.3 is 12.0 Å². The van der Waals surface area contributed by atoms with Gasteiger partial charge in [0.25, 0.3) is 5.69 Å². The predicted octanol–water partition coefficient (Wildman–Crippen LogP) is 1.21. The van der Waals surface area contributed by atoms with Crippen molar-refractivity contribution in [3.05, 3.63) is 40.2 Å². The molecule has 0 aliphatic rings. The number of nitro benzene ring substituents is 1. The zero-order valence-corrected chi connectivity index (χ0v) is 9.68. The molecule has 2 aromatic rings. The molecule has 0 unspecified atom stereocenters. The molecule has 9 heteroatoms. The Labute approximate surface area is 106 Å². The molecule has 0 radical (unpaired) electrons. The fourth-order valence-corrected chi connectivity index (χ4v) is 1.38. The van der Waals surface area contributed by atoms with Crippen molar-refractivity contribution in [3.63, 3.8) is 0 Å². The van der Waals surface area contributed by atoms with Gasteiger partial charge in [-0.15, -0.1) is 5.10 Å². The molecule has 0 aliphatic heterocycles. The van der Waals surface area contributed by atoms with Crippen molar-refractivity contribution in [3.8, 4) is 11.8 Å². The molecule has 98 valence electrons. The summed E-state index contributed by atoms with van der Waals surface area (Å²) in [5, 5.41) is 23.4. The van der Waals surface area contributed by atoms with Gasteiger partial charge in [-0.3, -0.25) is 14.8 Å². The van der Waals surface area contributed by atoms with E-state index in [0.717, 1.165) is 12.1 Å². The lowest BCUT2D eigenvalue weighted by Crippen LogP contribution is -2.03. The van der Waals surface area contributed by atoms with Gasteiger partial charge in [0.05, 0.1) is 4.92 Å². The first-order chi connectivity index (χ1) is 8.97. The zero-order chi connectivity index (χ0) is 14.0. The van der Waals surface area contributed by atoms with Crippen LogP contribution in [0.4, 0.5) is 5.69 Å². The molecule has 0 fully saturated rings. The Hall–Kier alpha value is -2.97. The van der Waals surface area contributed by atoms with Crippen LogP contribution in [0, 0.1) is 10.1 Å². The topological polar surface area (TPSA) is 120 Å². The molecule has 0 saturated carbocycles. The number of nitrogens with zero attached hydrogens (tertiary/aromatic N) is 4. The number of hydrogen-bond acceptors (Lipinski definition) is 6.